The topological polar surface area (TPSA) is 51.8 Å². The first kappa shape index (κ1) is 12.2. The predicted molar refractivity (Wildman–Crippen MR) is 71.1 cm³/mol. The molecule has 0 saturated carbocycles. The molecule has 0 fully saturated rings. The number of hydrogen-bond donors (Lipinski definition) is 1. The lowest BCUT2D eigenvalue weighted by molar-refractivity contribution is 0.691. The molecule has 2 heterocycles. The van der Waals surface area contributed by atoms with Crippen LogP contribution in [0.25, 0.3) is 0 Å². The van der Waals surface area contributed by atoms with E-state index in [-0.39, 0.29) is 6.04 Å². The summed E-state index contributed by atoms with van der Waals surface area (Å²) in [4.78, 5) is 10.2. The van der Waals surface area contributed by atoms with Gasteiger partial charge in [0.1, 0.15) is 0 Å². The van der Waals surface area contributed by atoms with Crippen LogP contribution in [0.2, 0.25) is 0 Å². The highest BCUT2D eigenvalue weighted by Gasteiger charge is 2.12. The monoisotopic (exact) mass is 247 g/mol. The van der Waals surface area contributed by atoms with Crippen LogP contribution in [-0.2, 0) is 12.8 Å². The molecule has 2 rings (SSSR count). The van der Waals surface area contributed by atoms with E-state index in [4.69, 9.17) is 5.73 Å². The SMILES string of the molecule is CCc1nc(CC(N)c2ccccn2)sc1C. The van der Waals surface area contributed by atoms with Gasteiger partial charge in [0.05, 0.1) is 22.4 Å². The van der Waals surface area contributed by atoms with Crippen molar-refractivity contribution in [3.8, 4) is 0 Å². The number of aryl methyl sites for hydroxylation is 2. The second-order valence-electron chi connectivity index (χ2n) is 4.03. The maximum Gasteiger partial charge on any atom is 0.0950 e. The molecule has 4 heteroatoms. The van der Waals surface area contributed by atoms with Crippen molar-refractivity contribution in [2.75, 3.05) is 0 Å². The zero-order valence-corrected chi connectivity index (χ0v) is 11.0. The van der Waals surface area contributed by atoms with Crippen molar-refractivity contribution in [2.24, 2.45) is 5.73 Å². The largest absolute Gasteiger partial charge is 0.322 e. The summed E-state index contributed by atoms with van der Waals surface area (Å²) in [5.74, 6) is 0. The van der Waals surface area contributed by atoms with E-state index in [0.29, 0.717) is 0 Å². The predicted octanol–water partition coefficient (Wildman–Crippen LogP) is 2.65. The lowest BCUT2D eigenvalue weighted by Crippen LogP contribution is -2.14. The molecule has 0 aromatic carbocycles. The van der Waals surface area contributed by atoms with Crippen LogP contribution < -0.4 is 5.73 Å². The van der Waals surface area contributed by atoms with Gasteiger partial charge in [0.2, 0.25) is 0 Å². The van der Waals surface area contributed by atoms with Crippen LogP contribution in [0.1, 0.15) is 34.2 Å². The molecule has 0 aliphatic heterocycles. The highest BCUT2D eigenvalue weighted by molar-refractivity contribution is 7.11. The van der Waals surface area contributed by atoms with E-state index in [1.807, 2.05) is 18.2 Å². The van der Waals surface area contributed by atoms with Gasteiger partial charge in [-0.2, -0.15) is 0 Å². The maximum absolute atomic E-state index is 6.13. The van der Waals surface area contributed by atoms with Crippen LogP contribution in [0.3, 0.4) is 0 Å². The second-order valence-corrected chi connectivity index (χ2v) is 5.32. The summed E-state index contributed by atoms with van der Waals surface area (Å²) >= 11 is 1.74. The molecule has 2 aromatic rings. The molecule has 90 valence electrons. The van der Waals surface area contributed by atoms with Gasteiger partial charge in [-0.3, -0.25) is 4.98 Å². The quantitative estimate of drug-likeness (QED) is 0.903. The fraction of sp³-hybridized carbons (Fsp3) is 0.385. The highest BCUT2D eigenvalue weighted by Crippen LogP contribution is 2.22. The number of hydrogen-bond acceptors (Lipinski definition) is 4. The Morgan fingerprint density at radius 1 is 1.41 bits per heavy atom. The van der Waals surface area contributed by atoms with Crippen molar-refractivity contribution in [1.29, 1.82) is 0 Å². The van der Waals surface area contributed by atoms with Gasteiger partial charge in [0.15, 0.2) is 0 Å². The van der Waals surface area contributed by atoms with Crippen molar-refractivity contribution in [1.82, 2.24) is 9.97 Å². The number of rotatable bonds is 4. The molecule has 0 radical (unpaired) electrons. The standard InChI is InChI=1S/C13H17N3S/c1-3-11-9(2)17-13(16-11)8-10(14)12-6-4-5-7-15-12/h4-7,10H,3,8,14H2,1-2H3. The van der Waals surface area contributed by atoms with Crippen LogP contribution in [0.5, 0.6) is 0 Å². The third-order valence-electron chi connectivity index (χ3n) is 2.73. The first-order chi connectivity index (χ1) is 8.20. The molecule has 0 spiro atoms. The summed E-state index contributed by atoms with van der Waals surface area (Å²) < 4.78 is 0. The van der Waals surface area contributed by atoms with Gasteiger partial charge < -0.3 is 5.73 Å². The van der Waals surface area contributed by atoms with Crippen molar-refractivity contribution < 1.29 is 0 Å². The summed E-state index contributed by atoms with van der Waals surface area (Å²) in [6, 6.07) is 5.77. The van der Waals surface area contributed by atoms with E-state index in [1.54, 1.807) is 17.5 Å². The Hall–Kier alpha value is -1.26. The van der Waals surface area contributed by atoms with Crippen molar-refractivity contribution in [2.45, 2.75) is 32.7 Å². The molecule has 0 aliphatic rings. The third-order valence-corrected chi connectivity index (χ3v) is 3.77. The van der Waals surface area contributed by atoms with E-state index < -0.39 is 0 Å². The highest BCUT2D eigenvalue weighted by atomic mass is 32.1. The molecule has 0 amide bonds. The fourth-order valence-electron chi connectivity index (χ4n) is 1.79. The Labute approximate surface area is 106 Å². The van der Waals surface area contributed by atoms with E-state index >= 15 is 0 Å². The van der Waals surface area contributed by atoms with Gasteiger partial charge in [-0.15, -0.1) is 11.3 Å². The van der Waals surface area contributed by atoms with Crippen molar-refractivity contribution in [3.63, 3.8) is 0 Å². The van der Waals surface area contributed by atoms with E-state index in [2.05, 4.69) is 23.8 Å². The van der Waals surface area contributed by atoms with Gasteiger partial charge in [0.25, 0.3) is 0 Å². The van der Waals surface area contributed by atoms with Crippen LogP contribution in [0, 0.1) is 6.92 Å². The molecular weight excluding hydrogens is 230 g/mol. The smallest absolute Gasteiger partial charge is 0.0950 e. The molecule has 1 unspecified atom stereocenters. The van der Waals surface area contributed by atoms with Gasteiger partial charge >= 0.3 is 0 Å². The van der Waals surface area contributed by atoms with Gasteiger partial charge in [0, 0.05) is 17.5 Å². The number of thiazole rings is 1. The molecule has 1 atom stereocenters. The first-order valence-electron chi connectivity index (χ1n) is 5.82. The fourth-order valence-corrected chi connectivity index (χ4v) is 2.87. The summed E-state index contributed by atoms with van der Waals surface area (Å²) in [7, 11) is 0. The average molecular weight is 247 g/mol. The van der Waals surface area contributed by atoms with Crippen LogP contribution >= 0.6 is 11.3 Å². The lowest BCUT2D eigenvalue weighted by Gasteiger charge is -2.08. The number of nitrogens with zero attached hydrogens (tertiary/aromatic N) is 2. The van der Waals surface area contributed by atoms with Gasteiger partial charge in [-0.05, 0) is 25.5 Å². The minimum Gasteiger partial charge on any atom is -0.322 e. The number of pyridine rings is 1. The molecule has 17 heavy (non-hydrogen) atoms. The molecular formula is C13H17N3S. The first-order valence-corrected chi connectivity index (χ1v) is 6.64. The molecule has 2 aromatic heterocycles. The van der Waals surface area contributed by atoms with E-state index in [1.165, 1.54) is 10.6 Å². The molecule has 0 saturated heterocycles. The number of aromatic nitrogens is 2. The van der Waals surface area contributed by atoms with Crippen LogP contribution in [0.4, 0.5) is 0 Å². The minimum atomic E-state index is -0.0635. The zero-order chi connectivity index (χ0) is 12.3. The maximum atomic E-state index is 6.13. The van der Waals surface area contributed by atoms with Gasteiger partial charge in [-0.25, -0.2) is 4.98 Å². The zero-order valence-electron chi connectivity index (χ0n) is 10.2. The lowest BCUT2D eigenvalue weighted by atomic mass is 10.1. The Morgan fingerprint density at radius 2 is 2.24 bits per heavy atom. The Bertz CT molecular complexity index is 479. The molecule has 3 nitrogen and oxygen atoms in total. The minimum absolute atomic E-state index is 0.0635. The van der Waals surface area contributed by atoms with E-state index in [0.717, 1.165) is 23.5 Å². The summed E-state index contributed by atoms with van der Waals surface area (Å²) in [6.45, 7) is 4.25. The van der Waals surface area contributed by atoms with E-state index in [9.17, 15) is 0 Å². The molecule has 0 bridgehead atoms. The molecule has 0 aliphatic carbocycles. The van der Waals surface area contributed by atoms with Crippen molar-refractivity contribution in [3.05, 3.63) is 45.7 Å². The Kier molecular flexibility index (Phi) is 3.86. The third kappa shape index (κ3) is 2.90. The molecule has 2 N–H and O–H groups in total. The normalized spacial score (nSPS) is 12.6. The van der Waals surface area contributed by atoms with Crippen LogP contribution in [0.15, 0.2) is 24.4 Å². The Balaban J connectivity index is 2.10. The Morgan fingerprint density at radius 3 is 2.82 bits per heavy atom. The summed E-state index contributed by atoms with van der Waals surface area (Å²) in [5, 5.41) is 1.11. The average Bonchev–Trinajstić information content (AvgIpc) is 2.70. The van der Waals surface area contributed by atoms with Gasteiger partial charge in [-0.1, -0.05) is 13.0 Å². The summed E-state index contributed by atoms with van der Waals surface area (Å²) in [6.07, 6.45) is 3.53. The number of nitrogens with two attached hydrogens (primary N) is 1. The second kappa shape index (κ2) is 5.38. The summed E-state index contributed by atoms with van der Waals surface area (Å²) in [5.41, 5.74) is 8.25. The van der Waals surface area contributed by atoms with Crippen molar-refractivity contribution >= 4 is 11.3 Å². The van der Waals surface area contributed by atoms with Crippen LogP contribution in [-0.4, -0.2) is 9.97 Å².